The molecule has 1 aliphatic rings. The first kappa shape index (κ1) is 48.9. The van der Waals surface area contributed by atoms with Crippen molar-refractivity contribution in [2.75, 3.05) is 46.0 Å². The standard InChI is InChI=1S/C5H12O2S2Se.C4H8O2S2.2C4H10O2S2.C2H6Se2/c1-10-9-3-5(7)4(6)2-8;5-3-1-7-8-2-4(3)6;2*5-3(1-7)4(6)2-8;1-3-4-2/h4-8H,2-3H2,1H3;3-6H,1-2H2;2*3-8H,1-2H2;1-2H3/p-1/t4-,5-;3*3-,4-;/m1111./s1. The second kappa shape index (κ2) is 37.2. The Kier molecular flexibility index (Phi) is 47.9. The van der Waals surface area contributed by atoms with Gasteiger partial charge in [-0.05, 0) is 0 Å². The Balaban J connectivity index is -0.000000194. The third kappa shape index (κ3) is 34.5. The van der Waals surface area contributed by atoms with Crippen LogP contribution in [0.4, 0.5) is 0 Å². The van der Waals surface area contributed by atoms with Gasteiger partial charge >= 0.3 is 114 Å². The van der Waals surface area contributed by atoms with Crippen molar-refractivity contribution in [2.45, 2.75) is 66.3 Å². The average molecular weight is 895 g/mol. The smallest absolute Gasteiger partial charge is 0.0906 e. The minimum atomic E-state index is -0.740. The molecule has 1 saturated heterocycles. The zero-order chi connectivity index (χ0) is 30.5. The van der Waals surface area contributed by atoms with Crippen LogP contribution in [-0.2, 0) is 12.6 Å². The Morgan fingerprint density at radius 2 is 1.00 bits per heavy atom. The maximum Gasteiger partial charge on any atom is 0.0906 e. The van der Waals surface area contributed by atoms with Gasteiger partial charge in [-0.15, -0.1) is 0 Å². The maximum atomic E-state index is 9.12. The molecule has 0 aromatic carbocycles. The summed E-state index contributed by atoms with van der Waals surface area (Å²) in [5.74, 6) is 9.88. The quantitative estimate of drug-likeness (QED) is 0.0519. The van der Waals surface area contributed by atoms with E-state index in [1.807, 2.05) is 0 Å². The first-order valence-corrected chi connectivity index (χ1v) is 28.9. The Morgan fingerprint density at radius 3 is 1.18 bits per heavy atom. The van der Waals surface area contributed by atoms with Gasteiger partial charge in [0, 0.05) is 34.5 Å². The molecule has 0 bridgehead atoms. The molecule has 38 heavy (non-hydrogen) atoms. The third-order valence-corrected chi connectivity index (χ3v) is 15.4. The van der Waals surface area contributed by atoms with E-state index in [2.05, 4.69) is 80.6 Å². The third-order valence-electron chi connectivity index (χ3n) is 3.78. The molecule has 8 nitrogen and oxygen atoms in total. The molecule has 0 unspecified atom stereocenters. The van der Waals surface area contributed by atoms with Gasteiger partial charge in [0.05, 0.1) is 36.6 Å². The van der Waals surface area contributed by atoms with E-state index in [1.54, 1.807) is 31.8 Å². The van der Waals surface area contributed by atoms with E-state index >= 15 is 0 Å². The average Bonchev–Trinajstić information content (AvgIpc) is 2.96. The Bertz CT molecular complexity index is 415. The molecule has 0 aromatic heterocycles. The second-order valence-electron chi connectivity index (χ2n) is 6.79. The van der Waals surface area contributed by atoms with E-state index < -0.39 is 48.8 Å². The second-order valence-corrected chi connectivity index (χ2v) is 24.3. The van der Waals surface area contributed by atoms with Gasteiger partial charge in [0.15, 0.2) is 0 Å². The number of thiol groups is 4. The van der Waals surface area contributed by atoms with Crippen LogP contribution in [0.1, 0.15) is 0 Å². The predicted octanol–water partition coefficient (Wildman–Crippen LogP) is -0.700. The fourth-order valence-corrected chi connectivity index (χ4v) is 7.06. The van der Waals surface area contributed by atoms with Crippen molar-refractivity contribution in [3.63, 3.8) is 0 Å². The van der Waals surface area contributed by atoms with Crippen molar-refractivity contribution in [1.29, 1.82) is 0 Å². The molecule has 1 rings (SSSR count). The van der Waals surface area contributed by atoms with Crippen molar-refractivity contribution in [3.05, 3.63) is 0 Å². The Labute approximate surface area is 285 Å². The van der Waals surface area contributed by atoms with Crippen LogP contribution >= 0.6 is 82.3 Å². The van der Waals surface area contributed by atoms with Crippen molar-refractivity contribution in [1.82, 2.24) is 0 Å². The summed E-state index contributed by atoms with van der Waals surface area (Å²) in [5.41, 5.74) is 0. The summed E-state index contributed by atoms with van der Waals surface area (Å²) < 4.78 is 0. The number of rotatable bonds is 12. The molecule has 0 saturated carbocycles. The molecular formula is C19H45O8S8Se3-. The van der Waals surface area contributed by atoms with E-state index in [-0.39, 0.29) is 28.8 Å². The van der Waals surface area contributed by atoms with Crippen LogP contribution in [-0.4, -0.2) is 176 Å². The zero-order valence-electron chi connectivity index (χ0n) is 21.5. The molecule has 236 valence electrons. The van der Waals surface area contributed by atoms with Gasteiger partial charge < -0.3 is 30.6 Å². The van der Waals surface area contributed by atoms with E-state index in [0.717, 1.165) is 26.3 Å². The van der Waals surface area contributed by atoms with Gasteiger partial charge in [0.2, 0.25) is 0 Å². The molecule has 0 spiro atoms. The fourth-order valence-electron chi connectivity index (χ4n) is 1.30. The zero-order valence-corrected chi connectivity index (χ0v) is 33.5. The van der Waals surface area contributed by atoms with Crippen LogP contribution in [0.25, 0.3) is 0 Å². The number of hydrogen-bond donors (Lipinski definition) is 12. The summed E-state index contributed by atoms with van der Waals surface area (Å²) in [6, 6.07) is 0. The molecule has 0 aromatic rings. The summed E-state index contributed by atoms with van der Waals surface area (Å²) in [5, 5.41) is 70.9. The van der Waals surface area contributed by atoms with Crippen molar-refractivity contribution >= 4 is 135 Å². The van der Waals surface area contributed by atoms with Gasteiger partial charge in [-0.25, -0.2) is 0 Å². The summed E-state index contributed by atoms with van der Waals surface area (Å²) in [6.07, 6.45) is -5.31. The molecule has 0 amide bonds. The number of aliphatic hydroxyl groups excluding tert-OH is 8. The van der Waals surface area contributed by atoms with Crippen molar-refractivity contribution < 1.29 is 40.9 Å². The van der Waals surface area contributed by atoms with E-state index in [0.29, 0.717) is 31.1 Å². The molecule has 8 atom stereocenters. The van der Waals surface area contributed by atoms with Gasteiger partial charge in [-0.2, -0.15) is 50.5 Å². The molecule has 0 radical (unpaired) electrons. The SMILES string of the molecule is C[Se]SC[C@@H](O)[C@H](O)C[S-].C[Se][Se]C.O[C@@H]1CSSC[C@H]1O.O[C@H](CS)[C@H](O)CS.O[C@H](CS)[C@H](O)CS. The molecule has 1 heterocycles. The van der Waals surface area contributed by atoms with Gasteiger partial charge in [0.1, 0.15) is 0 Å². The Hall–Kier alpha value is 4.04. The van der Waals surface area contributed by atoms with E-state index in [4.69, 9.17) is 40.9 Å². The first-order valence-electron chi connectivity index (χ1n) is 10.8. The monoisotopic (exact) mass is 897 g/mol. The molecule has 0 aliphatic carbocycles. The summed E-state index contributed by atoms with van der Waals surface area (Å²) in [4.78, 5) is 0. The van der Waals surface area contributed by atoms with Crippen LogP contribution in [0.15, 0.2) is 0 Å². The fraction of sp³-hybridized carbons (Fsp3) is 1.00. The van der Waals surface area contributed by atoms with Crippen molar-refractivity contribution in [2.24, 2.45) is 0 Å². The number of aliphatic hydroxyl groups is 8. The molecular weight excluding hydrogens is 850 g/mol. The van der Waals surface area contributed by atoms with Crippen LogP contribution < -0.4 is 0 Å². The topological polar surface area (TPSA) is 162 Å². The van der Waals surface area contributed by atoms with Crippen molar-refractivity contribution in [3.8, 4) is 0 Å². The molecule has 19 heteroatoms. The van der Waals surface area contributed by atoms with Crippen LogP contribution in [0, 0.1) is 0 Å². The van der Waals surface area contributed by atoms with Crippen LogP contribution in [0.3, 0.4) is 0 Å². The Morgan fingerprint density at radius 1 is 0.684 bits per heavy atom. The van der Waals surface area contributed by atoms with E-state index in [1.165, 1.54) is 0 Å². The summed E-state index contributed by atoms with van der Waals surface area (Å²) >= 11 is 22.1. The van der Waals surface area contributed by atoms with Gasteiger partial charge in [-0.1, -0.05) is 21.6 Å². The molecule has 1 aliphatic heterocycles. The maximum absolute atomic E-state index is 9.12. The largest absolute Gasteiger partial charge is 0.390 e. The minimum absolute atomic E-state index is 0.221. The normalized spacial score (nSPS) is 21.2. The number of hydrogen-bond acceptors (Lipinski definition) is 16. The van der Waals surface area contributed by atoms with E-state index in [9.17, 15) is 0 Å². The first-order chi connectivity index (χ1) is 17.9. The summed E-state index contributed by atoms with van der Waals surface area (Å²) in [6.45, 7) is 0. The molecule has 8 N–H and O–H groups in total. The minimum Gasteiger partial charge on any atom is -0.390 e. The van der Waals surface area contributed by atoms with Crippen LogP contribution in [0.2, 0.25) is 17.5 Å². The predicted molar refractivity (Wildman–Crippen MR) is 188 cm³/mol. The summed E-state index contributed by atoms with van der Waals surface area (Å²) in [7, 11) is 4.89. The van der Waals surface area contributed by atoms with Gasteiger partial charge in [-0.3, -0.25) is 0 Å². The van der Waals surface area contributed by atoms with Gasteiger partial charge in [0.25, 0.3) is 0 Å². The molecule has 1 fully saturated rings. The van der Waals surface area contributed by atoms with Crippen LogP contribution in [0.5, 0.6) is 0 Å².